The monoisotopic (exact) mass is 405 g/mol. The lowest BCUT2D eigenvalue weighted by Crippen LogP contribution is -2.38. The average molecular weight is 406 g/mol. The Morgan fingerprint density at radius 1 is 1.17 bits per heavy atom. The second-order valence-corrected chi connectivity index (χ2v) is 8.58. The Balaban J connectivity index is 1.23. The first kappa shape index (κ1) is 18.1. The van der Waals surface area contributed by atoms with E-state index in [9.17, 15) is 4.79 Å². The van der Waals surface area contributed by atoms with Crippen LogP contribution in [0.3, 0.4) is 0 Å². The normalized spacial score (nSPS) is 19.5. The lowest BCUT2D eigenvalue weighted by Gasteiger charge is -2.31. The minimum atomic E-state index is -0.0429. The van der Waals surface area contributed by atoms with Crippen LogP contribution in [-0.4, -0.2) is 31.3 Å². The van der Waals surface area contributed by atoms with Crippen molar-refractivity contribution in [3.05, 3.63) is 59.9 Å². The summed E-state index contributed by atoms with van der Waals surface area (Å²) >= 11 is 1.63. The first-order chi connectivity index (χ1) is 14.2. The van der Waals surface area contributed by atoms with E-state index < -0.39 is 0 Å². The Hall–Kier alpha value is -2.93. The van der Waals surface area contributed by atoms with Gasteiger partial charge in [-0.2, -0.15) is 5.10 Å². The molecule has 0 aromatic carbocycles. The third-order valence-electron chi connectivity index (χ3n) is 5.79. The molecule has 3 aliphatic rings. The molecular weight excluding hydrogens is 382 g/mol. The molecule has 0 spiro atoms. The summed E-state index contributed by atoms with van der Waals surface area (Å²) in [5.41, 5.74) is 2.64. The molecule has 29 heavy (non-hydrogen) atoms. The maximum atomic E-state index is 12.8. The van der Waals surface area contributed by atoms with Crippen LogP contribution in [-0.2, 0) is 7.05 Å². The summed E-state index contributed by atoms with van der Waals surface area (Å²) < 4.78 is 3.97. The van der Waals surface area contributed by atoms with Crippen molar-refractivity contribution in [1.29, 1.82) is 0 Å². The van der Waals surface area contributed by atoms with Gasteiger partial charge in [0.15, 0.2) is 0 Å². The minimum Gasteiger partial charge on any atom is -0.348 e. The van der Waals surface area contributed by atoms with Crippen molar-refractivity contribution in [2.45, 2.75) is 37.8 Å². The quantitative estimate of drug-likeness (QED) is 0.548. The van der Waals surface area contributed by atoms with Crippen molar-refractivity contribution >= 4 is 17.2 Å². The van der Waals surface area contributed by atoms with Gasteiger partial charge in [0.1, 0.15) is 17.2 Å². The van der Waals surface area contributed by atoms with Gasteiger partial charge in [0.05, 0.1) is 4.88 Å². The molecule has 1 aliphatic carbocycles. The van der Waals surface area contributed by atoms with Gasteiger partial charge >= 0.3 is 0 Å². The van der Waals surface area contributed by atoms with Gasteiger partial charge in [-0.1, -0.05) is 6.07 Å². The Bertz CT molecular complexity index is 1090. The number of nitrogens with zero attached hydrogens (tertiary/aromatic N) is 4. The van der Waals surface area contributed by atoms with E-state index in [-0.39, 0.29) is 11.9 Å². The van der Waals surface area contributed by atoms with Gasteiger partial charge in [0, 0.05) is 37.1 Å². The number of hydrogen-bond donors (Lipinski definition) is 1. The van der Waals surface area contributed by atoms with E-state index in [1.807, 2.05) is 36.8 Å². The fraction of sp³-hybridized carbons (Fsp3) is 0.318. The average Bonchev–Trinajstić information content (AvgIpc) is 3.48. The van der Waals surface area contributed by atoms with Gasteiger partial charge in [-0.05, 0) is 61.4 Å². The zero-order valence-electron chi connectivity index (χ0n) is 16.3. The lowest BCUT2D eigenvalue weighted by molar-refractivity contribution is 0.0913. The van der Waals surface area contributed by atoms with Gasteiger partial charge in [-0.3, -0.25) is 9.48 Å². The summed E-state index contributed by atoms with van der Waals surface area (Å²) in [7, 11) is 1.83. The number of nitrogens with one attached hydrogen (secondary N) is 1. The summed E-state index contributed by atoms with van der Waals surface area (Å²) in [5, 5.41) is 9.74. The maximum Gasteiger partial charge on any atom is 0.269 e. The van der Waals surface area contributed by atoms with Gasteiger partial charge < -0.3 is 9.88 Å². The molecule has 0 atom stereocenters. The SMILES string of the molecule is Cn1nc(-c2cccs2)cc1C(=O)NC1CCC(n2cccc3ccnc2-3)CC1. The van der Waals surface area contributed by atoms with Crippen LogP contribution in [0.5, 0.6) is 0 Å². The smallest absolute Gasteiger partial charge is 0.269 e. The highest BCUT2D eigenvalue weighted by Gasteiger charge is 2.26. The second kappa shape index (κ2) is 7.48. The van der Waals surface area contributed by atoms with E-state index in [4.69, 9.17) is 0 Å². The number of pyridine rings is 1. The Kier molecular flexibility index (Phi) is 4.67. The molecule has 2 aliphatic heterocycles. The predicted octanol–water partition coefficient (Wildman–Crippen LogP) is 4.36. The number of aryl methyl sites for hydroxylation is 1. The summed E-state index contributed by atoms with van der Waals surface area (Å²) in [6.07, 6.45) is 8.00. The second-order valence-electron chi connectivity index (χ2n) is 7.63. The standard InChI is InChI=1S/C22H23N5OS/c1-26-19(14-18(25-26)20-5-3-13-29-20)22(28)24-16-6-8-17(9-7-16)27-12-2-4-15-10-11-23-21(15)27/h2-5,10-14,16-17H,6-9H2,1H3,(H,24,28). The van der Waals surface area contributed by atoms with Gasteiger partial charge in [0.2, 0.25) is 0 Å². The Labute approximate surface area is 173 Å². The number of amides is 1. The highest BCUT2D eigenvalue weighted by molar-refractivity contribution is 7.13. The van der Waals surface area contributed by atoms with Crippen molar-refractivity contribution in [2.75, 3.05) is 0 Å². The molecule has 0 unspecified atom stereocenters. The van der Waals surface area contributed by atoms with E-state index in [2.05, 4.69) is 44.4 Å². The molecule has 2 aromatic rings. The van der Waals surface area contributed by atoms with Crippen LogP contribution in [0, 0.1) is 0 Å². The molecule has 4 heterocycles. The predicted molar refractivity (Wildman–Crippen MR) is 114 cm³/mol. The Morgan fingerprint density at radius 3 is 2.83 bits per heavy atom. The molecule has 2 aromatic heterocycles. The third-order valence-corrected chi connectivity index (χ3v) is 6.68. The van der Waals surface area contributed by atoms with Gasteiger partial charge in [-0.15, -0.1) is 11.3 Å². The van der Waals surface area contributed by atoms with E-state index in [0.717, 1.165) is 42.1 Å². The molecule has 0 radical (unpaired) electrons. The number of aromatic nitrogens is 4. The summed E-state index contributed by atoms with van der Waals surface area (Å²) in [5.74, 6) is 1.01. The molecular formula is C22H23N5OS. The number of hydrogen-bond acceptors (Lipinski definition) is 4. The lowest BCUT2D eigenvalue weighted by atomic mass is 9.90. The highest BCUT2D eigenvalue weighted by Crippen LogP contribution is 2.33. The molecule has 6 nitrogen and oxygen atoms in total. The van der Waals surface area contributed by atoms with Gasteiger partial charge in [0.25, 0.3) is 5.91 Å². The molecule has 1 N–H and O–H groups in total. The first-order valence-corrected chi connectivity index (χ1v) is 10.9. The van der Waals surface area contributed by atoms with E-state index in [1.165, 1.54) is 5.56 Å². The number of thiophene rings is 1. The number of carbonyl (C=O) groups excluding carboxylic acids is 1. The van der Waals surface area contributed by atoms with Crippen molar-refractivity contribution in [3.63, 3.8) is 0 Å². The maximum absolute atomic E-state index is 12.8. The van der Waals surface area contributed by atoms with Gasteiger partial charge in [-0.25, -0.2) is 4.98 Å². The topological polar surface area (TPSA) is 64.7 Å². The minimum absolute atomic E-state index is 0.0429. The fourth-order valence-electron chi connectivity index (χ4n) is 4.27. The van der Waals surface area contributed by atoms with Crippen LogP contribution in [0.4, 0.5) is 0 Å². The number of rotatable bonds is 4. The first-order valence-electron chi connectivity index (χ1n) is 9.99. The zero-order chi connectivity index (χ0) is 19.8. The highest BCUT2D eigenvalue weighted by atomic mass is 32.1. The van der Waals surface area contributed by atoms with Crippen LogP contribution >= 0.6 is 11.3 Å². The van der Waals surface area contributed by atoms with Crippen LogP contribution in [0.15, 0.2) is 54.2 Å². The van der Waals surface area contributed by atoms with Crippen molar-refractivity contribution in [3.8, 4) is 22.0 Å². The van der Waals surface area contributed by atoms with E-state index in [1.54, 1.807) is 16.0 Å². The van der Waals surface area contributed by atoms with Crippen LogP contribution in [0.25, 0.3) is 22.0 Å². The molecule has 1 saturated carbocycles. The molecule has 7 heteroatoms. The number of fused-ring (bicyclic) bond motifs is 1. The fourth-order valence-corrected chi connectivity index (χ4v) is 4.95. The molecule has 1 fully saturated rings. The van der Waals surface area contributed by atoms with E-state index >= 15 is 0 Å². The molecule has 0 saturated heterocycles. The van der Waals surface area contributed by atoms with Crippen LogP contribution in [0.2, 0.25) is 0 Å². The largest absolute Gasteiger partial charge is 0.348 e. The summed E-state index contributed by atoms with van der Waals surface area (Å²) in [6.45, 7) is 0. The van der Waals surface area contributed by atoms with Crippen LogP contribution < -0.4 is 5.32 Å². The van der Waals surface area contributed by atoms with Crippen molar-refractivity contribution < 1.29 is 4.79 Å². The molecule has 0 bridgehead atoms. The van der Waals surface area contributed by atoms with Crippen molar-refractivity contribution in [2.24, 2.45) is 7.05 Å². The molecule has 5 rings (SSSR count). The third kappa shape index (κ3) is 3.46. The van der Waals surface area contributed by atoms with E-state index in [0.29, 0.717) is 11.7 Å². The summed E-state index contributed by atoms with van der Waals surface area (Å²) in [4.78, 5) is 18.4. The molecule has 1 amide bonds. The summed E-state index contributed by atoms with van der Waals surface area (Å²) in [6, 6.07) is 12.8. The molecule has 148 valence electrons. The Morgan fingerprint density at radius 2 is 2.03 bits per heavy atom. The van der Waals surface area contributed by atoms with Crippen LogP contribution in [0.1, 0.15) is 42.2 Å². The van der Waals surface area contributed by atoms with Crippen molar-refractivity contribution in [1.82, 2.24) is 24.6 Å². The zero-order valence-corrected chi connectivity index (χ0v) is 17.1. The number of carbonyl (C=O) groups is 1.